The van der Waals surface area contributed by atoms with E-state index < -0.39 is 0 Å². The molecule has 1 aliphatic carbocycles. The van der Waals surface area contributed by atoms with Crippen LogP contribution in [-0.2, 0) is 0 Å². The third-order valence-corrected chi connectivity index (χ3v) is 3.35. The van der Waals surface area contributed by atoms with E-state index in [1.807, 2.05) is 0 Å². The van der Waals surface area contributed by atoms with Crippen molar-refractivity contribution >= 4 is 0 Å². The molecule has 2 nitrogen and oxygen atoms in total. The molecule has 2 N–H and O–H groups in total. The Morgan fingerprint density at radius 3 is 2.23 bits per heavy atom. The van der Waals surface area contributed by atoms with Crippen LogP contribution in [0.2, 0.25) is 0 Å². The molecular weight excluding hydrogens is 160 g/mol. The molecule has 0 amide bonds. The lowest BCUT2D eigenvalue weighted by Crippen LogP contribution is -2.40. The number of hydrogen-bond donors (Lipinski definition) is 1. The summed E-state index contributed by atoms with van der Waals surface area (Å²) in [4.78, 5) is 2.49. The average molecular weight is 184 g/mol. The highest BCUT2D eigenvalue weighted by atomic mass is 15.2. The lowest BCUT2D eigenvalue weighted by Gasteiger charge is -2.31. The third kappa shape index (κ3) is 3.28. The van der Waals surface area contributed by atoms with Crippen LogP contribution in [0.3, 0.4) is 0 Å². The smallest absolute Gasteiger partial charge is 0.00949 e. The molecule has 3 atom stereocenters. The van der Waals surface area contributed by atoms with Gasteiger partial charge in [0.2, 0.25) is 0 Å². The first-order valence-corrected chi connectivity index (χ1v) is 5.50. The minimum absolute atomic E-state index is 0.323. The molecule has 0 spiro atoms. The van der Waals surface area contributed by atoms with Crippen molar-refractivity contribution in [3.05, 3.63) is 0 Å². The molecule has 3 unspecified atom stereocenters. The molecule has 0 aliphatic heterocycles. The first-order valence-electron chi connectivity index (χ1n) is 5.50. The summed E-state index contributed by atoms with van der Waals surface area (Å²) in [6, 6.07) is 1.69. The van der Waals surface area contributed by atoms with E-state index in [4.69, 9.17) is 5.73 Å². The van der Waals surface area contributed by atoms with E-state index in [0.717, 1.165) is 18.4 Å². The van der Waals surface area contributed by atoms with Crippen LogP contribution in [0.1, 0.15) is 40.0 Å². The molecule has 1 rings (SSSR count). The fourth-order valence-electron chi connectivity index (χ4n) is 2.02. The molecule has 0 aromatic rings. The van der Waals surface area contributed by atoms with Crippen LogP contribution in [0.15, 0.2) is 0 Å². The van der Waals surface area contributed by atoms with Gasteiger partial charge in [-0.15, -0.1) is 0 Å². The molecule has 78 valence electrons. The van der Waals surface area contributed by atoms with Crippen molar-refractivity contribution in [2.75, 3.05) is 7.05 Å². The van der Waals surface area contributed by atoms with Gasteiger partial charge in [-0.1, -0.05) is 0 Å². The first kappa shape index (κ1) is 11.0. The summed E-state index contributed by atoms with van der Waals surface area (Å²) in [6.07, 6.45) is 3.96. The molecule has 0 heterocycles. The molecule has 0 saturated heterocycles. The van der Waals surface area contributed by atoms with Gasteiger partial charge in [0, 0.05) is 18.1 Å². The fraction of sp³-hybridized carbons (Fsp3) is 1.00. The Labute approximate surface area is 82.5 Å². The van der Waals surface area contributed by atoms with Crippen molar-refractivity contribution in [3.8, 4) is 0 Å². The van der Waals surface area contributed by atoms with Gasteiger partial charge < -0.3 is 10.6 Å². The maximum Gasteiger partial charge on any atom is 0.00949 e. The minimum Gasteiger partial charge on any atom is -0.328 e. The van der Waals surface area contributed by atoms with E-state index in [-0.39, 0.29) is 0 Å². The number of rotatable bonds is 5. The SMILES string of the molecule is CC(N)CC(C)N(C)C(C)C1CC1. The van der Waals surface area contributed by atoms with Gasteiger partial charge in [-0.05, 0) is 53.0 Å². The lowest BCUT2D eigenvalue weighted by atomic mass is 10.1. The Bertz CT molecular complexity index is 152. The predicted octanol–water partition coefficient (Wildman–Crippen LogP) is 1.84. The zero-order valence-electron chi connectivity index (χ0n) is 9.46. The third-order valence-electron chi connectivity index (χ3n) is 3.35. The van der Waals surface area contributed by atoms with Crippen LogP contribution < -0.4 is 5.73 Å². The summed E-state index contributed by atoms with van der Waals surface area (Å²) >= 11 is 0. The van der Waals surface area contributed by atoms with E-state index >= 15 is 0 Å². The molecule has 0 bridgehead atoms. The summed E-state index contributed by atoms with van der Waals surface area (Å²) in [6.45, 7) is 6.71. The zero-order valence-corrected chi connectivity index (χ0v) is 9.46. The van der Waals surface area contributed by atoms with E-state index in [9.17, 15) is 0 Å². The van der Waals surface area contributed by atoms with Crippen molar-refractivity contribution < 1.29 is 0 Å². The van der Waals surface area contributed by atoms with Crippen LogP contribution in [0.4, 0.5) is 0 Å². The van der Waals surface area contributed by atoms with Crippen molar-refractivity contribution in [1.82, 2.24) is 4.90 Å². The van der Waals surface area contributed by atoms with Gasteiger partial charge in [0.1, 0.15) is 0 Å². The largest absolute Gasteiger partial charge is 0.328 e. The topological polar surface area (TPSA) is 29.3 Å². The molecule has 0 aromatic heterocycles. The normalized spacial score (nSPS) is 24.5. The average Bonchev–Trinajstić information content (AvgIpc) is 2.82. The molecule has 2 heteroatoms. The zero-order chi connectivity index (χ0) is 10.0. The van der Waals surface area contributed by atoms with Crippen LogP contribution >= 0.6 is 0 Å². The number of nitrogens with zero attached hydrogens (tertiary/aromatic N) is 1. The summed E-state index contributed by atoms with van der Waals surface area (Å²) in [5.74, 6) is 0.959. The second kappa shape index (κ2) is 4.43. The van der Waals surface area contributed by atoms with E-state index in [1.54, 1.807) is 0 Å². The Hall–Kier alpha value is -0.0800. The summed E-state index contributed by atoms with van der Waals surface area (Å²) < 4.78 is 0. The Morgan fingerprint density at radius 1 is 1.31 bits per heavy atom. The van der Waals surface area contributed by atoms with Crippen molar-refractivity contribution in [2.24, 2.45) is 11.7 Å². The lowest BCUT2D eigenvalue weighted by molar-refractivity contribution is 0.165. The summed E-state index contributed by atoms with van der Waals surface area (Å²) in [5.41, 5.74) is 5.80. The van der Waals surface area contributed by atoms with Crippen molar-refractivity contribution in [3.63, 3.8) is 0 Å². The van der Waals surface area contributed by atoms with Gasteiger partial charge >= 0.3 is 0 Å². The first-order chi connectivity index (χ1) is 6.02. The minimum atomic E-state index is 0.323. The van der Waals surface area contributed by atoms with E-state index in [0.29, 0.717) is 12.1 Å². The van der Waals surface area contributed by atoms with Crippen LogP contribution in [-0.4, -0.2) is 30.1 Å². The van der Waals surface area contributed by atoms with Gasteiger partial charge in [0.05, 0.1) is 0 Å². The van der Waals surface area contributed by atoms with Crippen LogP contribution in [0, 0.1) is 5.92 Å². The quantitative estimate of drug-likeness (QED) is 0.706. The standard InChI is InChI=1S/C11H24N2/c1-8(12)7-9(2)13(4)10(3)11-5-6-11/h8-11H,5-7,12H2,1-4H3. The maximum atomic E-state index is 5.80. The number of hydrogen-bond acceptors (Lipinski definition) is 2. The summed E-state index contributed by atoms with van der Waals surface area (Å²) in [7, 11) is 2.23. The summed E-state index contributed by atoms with van der Waals surface area (Å²) in [5, 5.41) is 0. The highest BCUT2D eigenvalue weighted by Crippen LogP contribution is 2.35. The van der Waals surface area contributed by atoms with Gasteiger partial charge in [0.15, 0.2) is 0 Å². The van der Waals surface area contributed by atoms with Crippen LogP contribution in [0.25, 0.3) is 0 Å². The Balaban J connectivity index is 2.31. The van der Waals surface area contributed by atoms with Crippen molar-refractivity contribution in [1.29, 1.82) is 0 Å². The van der Waals surface area contributed by atoms with Gasteiger partial charge in [-0.3, -0.25) is 0 Å². The molecular formula is C11H24N2. The molecule has 1 fully saturated rings. The molecule has 1 aliphatic rings. The maximum absolute atomic E-state index is 5.80. The van der Waals surface area contributed by atoms with E-state index in [2.05, 4.69) is 32.7 Å². The molecule has 0 radical (unpaired) electrons. The Morgan fingerprint density at radius 2 is 1.85 bits per heavy atom. The van der Waals surface area contributed by atoms with Gasteiger partial charge in [-0.2, -0.15) is 0 Å². The second-order valence-electron chi connectivity index (χ2n) is 4.81. The fourth-order valence-corrected chi connectivity index (χ4v) is 2.02. The second-order valence-corrected chi connectivity index (χ2v) is 4.81. The number of nitrogens with two attached hydrogens (primary N) is 1. The predicted molar refractivity (Wildman–Crippen MR) is 57.7 cm³/mol. The highest BCUT2D eigenvalue weighted by molar-refractivity contribution is 4.86. The molecule has 13 heavy (non-hydrogen) atoms. The van der Waals surface area contributed by atoms with Crippen LogP contribution in [0.5, 0.6) is 0 Å². The molecule has 1 saturated carbocycles. The van der Waals surface area contributed by atoms with Gasteiger partial charge in [0.25, 0.3) is 0 Å². The highest BCUT2D eigenvalue weighted by Gasteiger charge is 2.32. The van der Waals surface area contributed by atoms with Crippen molar-refractivity contribution in [2.45, 2.75) is 58.2 Å². The molecule has 0 aromatic carbocycles. The van der Waals surface area contributed by atoms with Gasteiger partial charge in [-0.25, -0.2) is 0 Å². The monoisotopic (exact) mass is 184 g/mol. The Kier molecular flexibility index (Phi) is 3.74. The van der Waals surface area contributed by atoms with E-state index in [1.165, 1.54) is 12.8 Å².